The van der Waals surface area contributed by atoms with Crippen LogP contribution >= 0.6 is 0 Å². The predicted octanol–water partition coefficient (Wildman–Crippen LogP) is 3.58. The van der Waals surface area contributed by atoms with Crippen LogP contribution in [0.3, 0.4) is 0 Å². The quantitative estimate of drug-likeness (QED) is 0.630. The van der Waals surface area contributed by atoms with E-state index < -0.39 is 0 Å². The highest BCUT2D eigenvalue weighted by Crippen LogP contribution is 2.20. The molecule has 1 aliphatic rings. The highest BCUT2D eigenvalue weighted by molar-refractivity contribution is 5.33. The van der Waals surface area contributed by atoms with E-state index in [1.54, 1.807) is 4.68 Å². The van der Waals surface area contributed by atoms with E-state index in [1.807, 2.05) is 42.1 Å². The summed E-state index contributed by atoms with van der Waals surface area (Å²) in [6.45, 7) is 5.79. The third kappa shape index (κ3) is 4.27. The number of rotatable bonds is 6. The van der Waals surface area contributed by atoms with Gasteiger partial charge < -0.3 is 0 Å². The molecule has 0 bridgehead atoms. The van der Waals surface area contributed by atoms with Crippen molar-refractivity contribution in [2.45, 2.75) is 38.9 Å². The van der Waals surface area contributed by atoms with Gasteiger partial charge in [0.05, 0.1) is 11.3 Å². The van der Waals surface area contributed by atoms with Gasteiger partial charge in [-0.25, -0.2) is 4.68 Å². The largest absolute Gasteiger partial charge is 0.298 e. The minimum Gasteiger partial charge on any atom is -0.298 e. The van der Waals surface area contributed by atoms with E-state index in [-0.39, 0.29) is 5.56 Å². The van der Waals surface area contributed by atoms with Gasteiger partial charge in [0.2, 0.25) is 0 Å². The molecule has 2 aromatic carbocycles. The summed E-state index contributed by atoms with van der Waals surface area (Å²) < 4.78 is 3.77. The van der Waals surface area contributed by atoms with Crippen LogP contribution in [0.4, 0.5) is 0 Å². The lowest BCUT2D eigenvalue weighted by atomic mass is 10.0. The first-order chi connectivity index (χ1) is 14.5. The zero-order chi connectivity index (χ0) is 21.1. The topological polar surface area (TPSA) is 33.4 Å². The van der Waals surface area contributed by atoms with Gasteiger partial charge in [0.1, 0.15) is 0 Å². The van der Waals surface area contributed by atoms with Gasteiger partial charge in [0.25, 0.3) is 5.56 Å². The van der Waals surface area contributed by atoms with E-state index >= 15 is 0 Å². The van der Waals surface area contributed by atoms with E-state index in [9.17, 15) is 4.79 Å². The monoisotopic (exact) mass is 404 g/mol. The van der Waals surface area contributed by atoms with Gasteiger partial charge in [-0.2, -0.15) is 0 Å². The molecule has 158 valence electrons. The highest BCUT2D eigenvalue weighted by atomic mass is 16.1. The van der Waals surface area contributed by atoms with Crippen LogP contribution in [0, 0.1) is 6.92 Å². The standard InChI is InChI=1S/C25H32N4O/c1-20-24(25(30)29(27(20)3)22-13-8-5-9-14-22)19-28-16-10-15-23(18-28)26(2)17-21-11-6-4-7-12-21/h4-9,11-14,23H,10,15-19H2,1-3H3. The first-order valence-electron chi connectivity index (χ1n) is 10.8. The molecule has 5 nitrogen and oxygen atoms in total. The number of benzene rings is 2. The third-order valence-corrected chi connectivity index (χ3v) is 6.43. The molecular formula is C25H32N4O. The van der Waals surface area contributed by atoms with E-state index in [2.05, 4.69) is 54.1 Å². The molecule has 1 atom stereocenters. The van der Waals surface area contributed by atoms with Crippen molar-refractivity contribution in [3.63, 3.8) is 0 Å². The summed E-state index contributed by atoms with van der Waals surface area (Å²) in [6.07, 6.45) is 2.38. The normalized spacial score (nSPS) is 17.5. The first kappa shape index (κ1) is 20.6. The van der Waals surface area contributed by atoms with Crippen molar-refractivity contribution in [3.05, 3.63) is 87.8 Å². The molecule has 1 saturated heterocycles. The summed E-state index contributed by atoms with van der Waals surface area (Å²) in [6, 6.07) is 21.1. The Morgan fingerprint density at radius 2 is 1.70 bits per heavy atom. The maximum absolute atomic E-state index is 13.2. The van der Waals surface area contributed by atoms with Crippen LogP contribution < -0.4 is 5.56 Å². The lowest BCUT2D eigenvalue weighted by molar-refractivity contribution is 0.107. The lowest BCUT2D eigenvalue weighted by Crippen LogP contribution is -2.46. The summed E-state index contributed by atoms with van der Waals surface area (Å²) in [7, 11) is 4.19. The van der Waals surface area contributed by atoms with Gasteiger partial charge in [-0.15, -0.1) is 0 Å². The predicted molar refractivity (Wildman–Crippen MR) is 122 cm³/mol. The van der Waals surface area contributed by atoms with Gasteiger partial charge in [-0.3, -0.25) is 19.3 Å². The van der Waals surface area contributed by atoms with Crippen molar-refractivity contribution in [3.8, 4) is 5.69 Å². The Hall–Kier alpha value is -2.63. The molecule has 1 aromatic heterocycles. The molecule has 1 unspecified atom stereocenters. The molecule has 0 amide bonds. The Morgan fingerprint density at radius 3 is 2.40 bits per heavy atom. The highest BCUT2D eigenvalue weighted by Gasteiger charge is 2.26. The second-order valence-corrected chi connectivity index (χ2v) is 8.47. The van der Waals surface area contributed by atoms with E-state index in [0.717, 1.165) is 36.6 Å². The maximum Gasteiger partial charge on any atom is 0.276 e. The fourth-order valence-electron chi connectivity index (χ4n) is 4.56. The van der Waals surface area contributed by atoms with Gasteiger partial charge in [-0.05, 0) is 51.1 Å². The molecule has 2 heterocycles. The lowest BCUT2D eigenvalue weighted by Gasteiger charge is -2.37. The molecule has 0 radical (unpaired) electrons. The second kappa shape index (κ2) is 9.02. The second-order valence-electron chi connectivity index (χ2n) is 8.47. The molecular weight excluding hydrogens is 372 g/mol. The van der Waals surface area contributed by atoms with Gasteiger partial charge in [-0.1, -0.05) is 48.5 Å². The zero-order valence-electron chi connectivity index (χ0n) is 18.3. The van der Waals surface area contributed by atoms with Gasteiger partial charge in [0.15, 0.2) is 0 Å². The van der Waals surface area contributed by atoms with Gasteiger partial charge >= 0.3 is 0 Å². The summed E-state index contributed by atoms with van der Waals surface area (Å²) >= 11 is 0. The Kier molecular flexibility index (Phi) is 6.21. The molecule has 0 aliphatic carbocycles. The third-order valence-electron chi connectivity index (χ3n) is 6.43. The number of aromatic nitrogens is 2. The Labute approximate surface area is 179 Å². The van der Waals surface area contributed by atoms with Crippen LogP contribution in [0.25, 0.3) is 5.69 Å². The minimum absolute atomic E-state index is 0.0981. The van der Waals surface area contributed by atoms with Crippen molar-refractivity contribution in [2.24, 2.45) is 7.05 Å². The Balaban J connectivity index is 1.49. The Bertz CT molecular complexity index is 1020. The van der Waals surface area contributed by atoms with Crippen molar-refractivity contribution in [2.75, 3.05) is 20.1 Å². The van der Waals surface area contributed by atoms with Crippen LogP contribution in [0.5, 0.6) is 0 Å². The molecule has 0 spiro atoms. The molecule has 0 N–H and O–H groups in total. The molecule has 4 rings (SSSR count). The summed E-state index contributed by atoms with van der Waals surface area (Å²) in [5, 5.41) is 0. The molecule has 30 heavy (non-hydrogen) atoms. The van der Waals surface area contributed by atoms with Crippen LogP contribution in [0.2, 0.25) is 0 Å². The number of hydrogen-bond acceptors (Lipinski definition) is 3. The van der Waals surface area contributed by atoms with Crippen molar-refractivity contribution < 1.29 is 0 Å². The van der Waals surface area contributed by atoms with E-state index in [1.165, 1.54) is 18.4 Å². The van der Waals surface area contributed by atoms with E-state index in [4.69, 9.17) is 0 Å². The fraction of sp³-hybridized carbons (Fsp3) is 0.400. The van der Waals surface area contributed by atoms with Crippen molar-refractivity contribution in [1.29, 1.82) is 0 Å². The summed E-state index contributed by atoms with van der Waals surface area (Å²) in [4.78, 5) is 18.2. The average Bonchev–Trinajstić information content (AvgIpc) is 2.98. The van der Waals surface area contributed by atoms with Crippen LogP contribution in [0.15, 0.2) is 65.5 Å². The SMILES string of the molecule is Cc1c(CN2CCCC(N(C)Cc3ccccc3)C2)c(=O)n(-c2ccccc2)n1C. The number of likely N-dealkylation sites (N-methyl/N-ethyl adjacent to an activating group) is 1. The summed E-state index contributed by atoms with van der Waals surface area (Å²) in [5.74, 6) is 0. The zero-order valence-corrected chi connectivity index (χ0v) is 18.3. The first-order valence-corrected chi connectivity index (χ1v) is 10.8. The van der Waals surface area contributed by atoms with Gasteiger partial charge in [0, 0.05) is 38.4 Å². The molecule has 1 fully saturated rings. The number of nitrogens with zero attached hydrogens (tertiary/aromatic N) is 4. The van der Waals surface area contributed by atoms with Crippen LogP contribution in [0.1, 0.15) is 29.7 Å². The molecule has 5 heteroatoms. The number of hydrogen-bond donors (Lipinski definition) is 0. The van der Waals surface area contributed by atoms with Crippen LogP contribution in [-0.4, -0.2) is 45.3 Å². The van der Waals surface area contributed by atoms with Crippen molar-refractivity contribution >= 4 is 0 Å². The number of piperidine rings is 1. The molecule has 3 aromatic rings. The minimum atomic E-state index is 0.0981. The Morgan fingerprint density at radius 1 is 1.03 bits per heavy atom. The fourth-order valence-corrected chi connectivity index (χ4v) is 4.56. The molecule has 0 saturated carbocycles. The average molecular weight is 405 g/mol. The smallest absolute Gasteiger partial charge is 0.276 e. The number of para-hydroxylation sites is 1. The van der Waals surface area contributed by atoms with Crippen molar-refractivity contribution in [1.82, 2.24) is 19.2 Å². The number of likely N-dealkylation sites (tertiary alicyclic amines) is 1. The maximum atomic E-state index is 13.2. The van der Waals surface area contributed by atoms with E-state index in [0.29, 0.717) is 12.6 Å². The van der Waals surface area contributed by atoms with Crippen LogP contribution in [-0.2, 0) is 20.1 Å². The summed E-state index contributed by atoms with van der Waals surface area (Å²) in [5.41, 5.74) is 4.32. The molecule has 1 aliphatic heterocycles.